The second kappa shape index (κ2) is 7.45. The van der Waals surface area contributed by atoms with Gasteiger partial charge < -0.3 is 4.90 Å². The van der Waals surface area contributed by atoms with Crippen LogP contribution in [0.5, 0.6) is 0 Å². The summed E-state index contributed by atoms with van der Waals surface area (Å²) in [7, 11) is 0. The lowest BCUT2D eigenvalue weighted by Crippen LogP contribution is -2.29. The van der Waals surface area contributed by atoms with Crippen molar-refractivity contribution in [2.45, 2.75) is 13.5 Å². The van der Waals surface area contributed by atoms with Gasteiger partial charge in [-0.25, -0.2) is 0 Å². The monoisotopic (exact) mass is 387 g/mol. The molecule has 0 bridgehead atoms. The van der Waals surface area contributed by atoms with Gasteiger partial charge in [-0.2, -0.15) is 0 Å². The molecule has 0 saturated carbocycles. The Labute approximate surface area is 168 Å². The minimum atomic E-state index is -0.0384. The van der Waals surface area contributed by atoms with Crippen molar-refractivity contribution in [3.05, 3.63) is 87.9 Å². The van der Waals surface area contributed by atoms with Crippen LogP contribution in [0.2, 0.25) is 5.02 Å². The Morgan fingerprint density at radius 3 is 2.57 bits per heavy atom. The third-order valence-corrected chi connectivity index (χ3v) is 5.21. The van der Waals surface area contributed by atoms with E-state index in [1.165, 1.54) is 0 Å². The van der Waals surface area contributed by atoms with E-state index in [1.807, 2.05) is 54.6 Å². The van der Waals surface area contributed by atoms with Gasteiger partial charge in [0.2, 0.25) is 5.91 Å². The van der Waals surface area contributed by atoms with Crippen molar-refractivity contribution in [3.8, 4) is 11.1 Å². The number of nitrogens with zero attached hydrogens (tertiary/aromatic N) is 1. The first-order valence-electron chi connectivity index (χ1n) is 9.00. The molecule has 1 aliphatic heterocycles. The van der Waals surface area contributed by atoms with Gasteiger partial charge in [0.15, 0.2) is 6.29 Å². The summed E-state index contributed by atoms with van der Waals surface area (Å²) in [5.74, 6) is -0.0384. The van der Waals surface area contributed by atoms with Crippen molar-refractivity contribution in [2.75, 3.05) is 4.90 Å². The minimum absolute atomic E-state index is 0.0384. The minimum Gasteiger partial charge on any atom is -0.308 e. The standard InChI is InChI=1S/C24H18ClNO2/c1-16(28)26-14-21-12-18(23-5-3-2-4-20(23)15-27)8-6-17(21)7-9-19-13-22(25)10-11-24(19)26/h2-13,15H,14H2,1H3. The zero-order chi connectivity index (χ0) is 19.7. The summed E-state index contributed by atoms with van der Waals surface area (Å²) in [6.07, 6.45) is 4.89. The molecule has 1 amide bonds. The highest BCUT2D eigenvalue weighted by molar-refractivity contribution is 6.30. The van der Waals surface area contributed by atoms with E-state index < -0.39 is 0 Å². The number of hydrogen-bond acceptors (Lipinski definition) is 2. The van der Waals surface area contributed by atoms with Crippen LogP contribution in [0.4, 0.5) is 5.69 Å². The zero-order valence-electron chi connectivity index (χ0n) is 15.4. The number of carbonyl (C=O) groups excluding carboxylic acids is 2. The van der Waals surface area contributed by atoms with Crippen molar-refractivity contribution in [2.24, 2.45) is 0 Å². The highest BCUT2D eigenvalue weighted by atomic mass is 35.5. The third-order valence-electron chi connectivity index (χ3n) is 4.97. The van der Waals surface area contributed by atoms with E-state index in [4.69, 9.17) is 11.6 Å². The summed E-state index contributed by atoms with van der Waals surface area (Å²) < 4.78 is 0. The van der Waals surface area contributed by atoms with Gasteiger partial charge in [0.05, 0.1) is 12.2 Å². The Morgan fingerprint density at radius 1 is 1.00 bits per heavy atom. The number of hydrogen-bond donors (Lipinski definition) is 0. The molecule has 138 valence electrons. The van der Waals surface area contributed by atoms with Crippen molar-refractivity contribution in [1.29, 1.82) is 0 Å². The molecule has 0 N–H and O–H groups in total. The van der Waals surface area contributed by atoms with Gasteiger partial charge >= 0.3 is 0 Å². The molecule has 4 rings (SSSR count). The SMILES string of the molecule is CC(=O)N1Cc2cc(-c3ccccc3C=O)ccc2C=Cc2cc(Cl)ccc21. The predicted molar refractivity (Wildman–Crippen MR) is 115 cm³/mol. The van der Waals surface area contributed by atoms with E-state index in [1.54, 1.807) is 24.0 Å². The number of benzene rings is 3. The van der Waals surface area contributed by atoms with Crippen LogP contribution in [0.3, 0.4) is 0 Å². The summed E-state index contributed by atoms with van der Waals surface area (Å²) in [6, 6.07) is 19.1. The summed E-state index contributed by atoms with van der Waals surface area (Å²) in [6.45, 7) is 2.01. The molecule has 0 atom stereocenters. The molecule has 4 heteroatoms. The molecule has 0 aromatic heterocycles. The van der Waals surface area contributed by atoms with Crippen molar-refractivity contribution < 1.29 is 9.59 Å². The van der Waals surface area contributed by atoms with E-state index >= 15 is 0 Å². The lowest BCUT2D eigenvalue weighted by molar-refractivity contribution is -0.116. The number of carbonyl (C=O) groups is 2. The van der Waals surface area contributed by atoms with Gasteiger partial charge in [-0.05, 0) is 52.1 Å². The maximum absolute atomic E-state index is 12.4. The Balaban J connectivity index is 1.86. The number of fused-ring (bicyclic) bond motifs is 2. The van der Waals surface area contributed by atoms with Crippen LogP contribution in [-0.4, -0.2) is 12.2 Å². The summed E-state index contributed by atoms with van der Waals surface area (Å²) in [4.78, 5) is 25.6. The van der Waals surface area contributed by atoms with E-state index in [9.17, 15) is 9.59 Å². The molecule has 3 nitrogen and oxygen atoms in total. The zero-order valence-corrected chi connectivity index (χ0v) is 16.1. The topological polar surface area (TPSA) is 37.4 Å². The molecular formula is C24H18ClNO2. The van der Waals surface area contributed by atoms with Crippen LogP contribution < -0.4 is 4.90 Å². The van der Waals surface area contributed by atoms with Crippen LogP contribution in [0.25, 0.3) is 23.3 Å². The fourth-order valence-electron chi connectivity index (χ4n) is 3.56. The van der Waals surface area contributed by atoms with Crippen LogP contribution in [-0.2, 0) is 11.3 Å². The molecular weight excluding hydrogens is 370 g/mol. The number of aldehydes is 1. The smallest absolute Gasteiger partial charge is 0.224 e. The maximum atomic E-state index is 12.4. The van der Waals surface area contributed by atoms with Gasteiger partial charge in [0.25, 0.3) is 0 Å². The van der Waals surface area contributed by atoms with Gasteiger partial charge in [0.1, 0.15) is 0 Å². The molecule has 0 radical (unpaired) electrons. The molecule has 28 heavy (non-hydrogen) atoms. The van der Waals surface area contributed by atoms with Crippen LogP contribution in [0.1, 0.15) is 34.0 Å². The van der Waals surface area contributed by atoms with E-state index in [2.05, 4.69) is 6.07 Å². The van der Waals surface area contributed by atoms with Crippen LogP contribution in [0.15, 0.2) is 60.7 Å². The average molecular weight is 388 g/mol. The normalized spacial score (nSPS) is 12.6. The molecule has 0 saturated heterocycles. The molecule has 1 heterocycles. The molecule has 0 aliphatic carbocycles. The van der Waals surface area contributed by atoms with Gasteiger partial charge in [0, 0.05) is 17.5 Å². The van der Waals surface area contributed by atoms with Gasteiger partial charge in [-0.3, -0.25) is 9.59 Å². The number of amides is 1. The Morgan fingerprint density at radius 2 is 1.79 bits per heavy atom. The van der Waals surface area contributed by atoms with E-state index in [0.717, 1.165) is 39.8 Å². The predicted octanol–water partition coefficient (Wildman–Crippen LogP) is 5.86. The number of halogens is 1. The maximum Gasteiger partial charge on any atom is 0.224 e. The largest absolute Gasteiger partial charge is 0.308 e. The van der Waals surface area contributed by atoms with Crippen LogP contribution >= 0.6 is 11.6 Å². The van der Waals surface area contributed by atoms with E-state index in [-0.39, 0.29) is 5.91 Å². The first-order valence-corrected chi connectivity index (χ1v) is 9.38. The Hall–Kier alpha value is -3.17. The lowest BCUT2D eigenvalue weighted by Gasteiger charge is -2.26. The summed E-state index contributed by atoms with van der Waals surface area (Å²) in [5, 5.41) is 0.633. The summed E-state index contributed by atoms with van der Waals surface area (Å²) >= 11 is 6.15. The van der Waals surface area contributed by atoms with Crippen molar-refractivity contribution in [1.82, 2.24) is 0 Å². The van der Waals surface area contributed by atoms with Gasteiger partial charge in [-0.15, -0.1) is 0 Å². The highest BCUT2D eigenvalue weighted by Gasteiger charge is 2.19. The molecule has 0 spiro atoms. The van der Waals surface area contributed by atoms with Crippen molar-refractivity contribution in [3.63, 3.8) is 0 Å². The number of rotatable bonds is 2. The Kier molecular flexibility index (Phi) is 4.84. The average Bonchev–Trinajstić information content (AvgIpc) is 2.69. The Bertz CT molecular complexity index is 1120. The molecule has 3 aromatic carbocycles. The number of anilines is 1. The quantitative estimate of drug-likeness (QED) is 0.517. The third kappa shape index (κ3) is 3.37. The second-order valence-corrected chi connectivity index (χ2v) is 7.20. The first kappa shape index (κ1) is 18.2. The highest BCUT2D eigenvalue weighted by Crippen LogP contribution is 2.33. The molecule has 1 aliphatic rings. The lowest BCUT2D eigenvalue weighted by atomic mass is 9.94. The van der Waals surface area contributed by atoms with Crippen LogP contribution in [0, 0.1) is 0 Å². The summed E-state index contributed by atoms with van der Waals surface area (Å²) in [5.41, 5.74) is 6.27. The molecule has 0 fully saturated rings. The molecule has 3 aromatic rings. The van der Waals surface area contributed by atoms with Crippen molar-refractivity contribution >= 4 is 41.6 Å². The van der Waals surface area contributed by atoms with E-state index in [0.29, 0.717) is 17.1 Å². The molecule has 0 unspecified atom stereocenters. The fraction of sp³-hybridized carbons (Fsp3) is 0.0833. The fourth-order valence-corrected chi connectivity index (χ4v) is 3.74. The van der Waals surface area contributed by atoms with Gasteiger partial charge in [-0.1, -0.05) is 60.2 Å². The first-order chi connectivity index (χ1) is 13.6. The second-order valence-electron chi connectivity index (χ2n) is 6.76.